The van der Waals surface area contributed by atoms with Crippen molar-refractivity contribution in [2.24, 2.45) is 0 Å². The van der Waals surface area contributed by atoms with Gasteiger partial charge in [0, 0.05) is 6.07 Å². The third-order valence-electron chi connectivity index (χ3n) is 1.50. The van der Waals surface area contributed by atoms with Gasteiger partial charge in [0.2, 0.25) is 0 Å². The van der Waals surface area contributed by atoms with E-state index in [1.165, 1.54) is 6.26 Å². The van der Waals surface area contributed by atoms with Gasteiger partial charge in [-0.15, -0.1) is 0 Å². The van der Waals surface area contributed by atoms with Crippen LogP contribution in [0.3, 0.4) is 0 Å². The van der Waals surface area contributed by atoms with Crippen molar-refractivity contribution in [3.8, 4) is 0 Å². The molecular weight excluding hydrogens is 205 g/mol. The molecule has 80 valence electrons. The summed E-state index contributed by atoms with van der Waals surface area (Å²) < 4.78 is 26.8. The van der Waals surface area contributed by atoms with Crippen LogP contribution in [-0.2, 0) is 19.8 Å². The second kappa shape index (κ2) is 5.29. The lowest BCUT2D eigenvalue weighted by Crippen LogP contribution is -1.99. The molecule has 0 N–H and O–H groups in total. The predicted molar refractivity (Wildman–Crippen MR) is 51.1 cm³/mol. The minimum absolute atomic E-state index is 0.158. The maximum atomic E-state index is 12.0. The molecule has 0 spiro atoms. The summed E-state index contributed by atoms with van der Waals surface area (Å²) in [5, 5.41) is 3.66. The van der Waals surface area contributed by atoms with Crippen LogP contribution >= 0.6 is 7.60 Å². The van der Waals surface area contributed by atoms with Gasteiger partial charge in [0.1, 0.15) is 6.26 Å². The molecule has 1 heterocycles. The summed E-state index contributed by atoms with van der Waals surface area (Å²) in [6.07, 6.45) is 1.59. The third kappa shape index (κ3) is 3.25. The number of rotatable bonds is 6. The van der Waals surface area contributed by atoms with Crippen LogP contribution in [0.25, 0.3) is 0 Å². The summed E-state index contributed by atoms with van der Waals surface area (Å²) in [6, 6.07) is 1.64. The fourth-order valence-electron chi connectivity index (χ4n) is 1.04. The van der Waals surface area contributed by atoms with Crippen LogP contribution in [0, 0.1) is 0 Å². The Hall–Kier alpha value is -0.640. The zero-order valence-corrected chi connectivity index (χ0v) is 9.20. The highest BCUT2D eigenvalue weighted by Crippen LogP contribution is 2.50. The maximum absolute atomic E-state index is 12.0. The Labute approximate surface area is 82.9 Å². The van der Waals surface area contributed by atoms with Crippen LogP contribution < -0.4 is 0 Å². The molecule has 0 radical (unpaired) electrons. The summed E-state index contributed by atoms with van der Waals surface area (Å²) >= 11 is 0. The molecule has 1 aromatic heterocycles. The predicted octanol–water partition coefficient (Wildman–Crippen LogP) is 2.44. The van der Waals surface area contributed by atoms with Crippen molar-refractivity contribution in [1.82, 2.24) is 5.16 Å². The summed E-state index contributed by atoms with van der Waals surface area (Å²) in [6.45, 7) is 4.26. The van der Waals surface area contributed by atoms with Gasteiger partial charge in [-0.1, -0.05) is 5.16 Å². The van der Waals surface area contributed by atoms with Crippen molar-refractivity contribution in [2.75, 3.05) is 13.2 Å². The third-order valence-corrected chi connectivity index (χ3v) is 3.51. The second-order valence-corrected chi connectivity index (χ2v) is 4.65. The van der Waals surface area contributed by atoms with Gasteiger partial charge in [0.15, 0.2) is 0 Å². The van der Waals surface area contributed by atoms with E-state index in [-0.39, 0.29) is 6.16 Å². The molecule has 1 rings (SSSR count). The van der Waals surface area contributed by atoms with Gasteiger partial charge in [0.25, 0.3) is 0 Å². The molecule has 1 aromatic rings. The van der Waals surface area contributed by atoms with E-state index < -0.39 is 7.60 Å². The first-order valence-corrected chi connectivity index (χ1v) is 6.20. The topological polar surface area (TPSA) is 61.6 Å². The van der Waals surface area contributed by atoms with Crippen LogP contribution in [0.15, 0.2) is 16.9 Å². The Balaban J connectivity index is 2.64. The van der Waals surface area contributed by atoms with Crippen molar-refractivity contribution < 1.29 is 18.1 Å². The standard InChI is InChI=1S/C8H14NO4P/c1-3-12-14(10,13-4-2)7-8-5-6-11-9-8/h5-6H,3-4,7H2,1-2H3. The first kappa shape index (κ1) is 11.4. The Kier molecular flexibility index (Phi) is 4.32. The highest BCUT2D eigenvalue weighted by atomic mass is 31.2. The highest BCUT2D eigenvalue weighted by Gasteiger charge is 2.25. The van der Waals surface area contributed by atoms with Crippen LogP contribution in [-0.4, -0.2) is 18.4 Å². The molecule has 5 nitrogen and oxygen atoms in total. The molecule has 6 heteroatoms. The van der Waals surface area contributed by atoms with Crippen LogP contribution in [0.2, 0.25) is 0 Å². The lowest BCUT2D eigenvalue weighted by Gasteiger charge is -2.15. The zero-order valence-electron chi connectivity index (χ0n) is 8.30. The van der Waals surface area contributed by atoms with E-state index in [4.69, 9.17) is 9.05 Å². The molecular formula is C8H14NO4P. The minimum atomic E-state index is -3.03. The molecule has 0 bridgehead atoms. The molecule has 0 fully saturated rings. The molecule has 0 atom stereocenters. The number of nitrogens with zero attached hydrogens (tertiary/aromatic N) is 1. The number of aromatic nitrogens is 1. The lowest BCUT2D eigenvalue weighted by atomic mass is 10.5. The summed E-state index contributed by atoms with van der Waals surface area (Å²) in [5.74, 6) is 0. The quantitative estimate of drug-likeness (QED) is 0.687. The van der Waals surface area contributed by atoms with Crippen molar-refractivity contribution in [2.45, 2.75) is 20.0 Å². The van der Waals surface area contributed by atoms with Gasteiger partial charge in [-0.2, -0.15) is 0 Å². The summed E-state index contributed by atoms with van der Waals surface area (Å²) in [4.78, 5) is 0. The average Bonchev–Trinajstić information content (AvgIpc) is 2.57. The monoisotopic (exact) mass is 219 g/mol. The van der Waals surface area contributed by atoms with E-state index in [0.717, 1.165) is 0 Å². The van der Waals surface area contributed by atoms with Crippen molar-refractivity contribution in [1.29, 1.82) is 0 Å². The first-order valence-electron chi connectivity index (χ1n) is 4.47. The van der Waals surface area contributed by atoms with Crippen LogP contribution in [0.5, 0.6) is 0 Å². The van der Waals surface area contributed by atoms with Gasteiger partial charge in [-0.05, 0) is 13.8 Å². The second-order valence-electron chi connectivity index (χ2n) is 2.60. The van der Waals surface area contributed by atoms with E-state index in [1.807, 2.05) is 0 Å². The Morgan fingerprint density at radius 1 is 1.43 bits per heavy atom. The van der Waals surface area contributed by atoms with Crippen molar-refractivity contribution in [3.63, 3.8) is 0 Å². The smallest absolute Gasteiger partial charge is 0.336 e. The molecule has 0 aliphatic rings. The van der Waals surface area contributed by atoms with E-state index in [0.29, 0.717) is 18.9 Å². The number of hydrogen-bond acceptors (Lipinski definition) is 5. The van der Waals surface area contributed by atoms with Gasteiger partial charge >= 0.3 is 7.60 Å². The molecule has 0 unspecified atom stereocenters. The Morgan fingerprint density at radius 2 is 2.07 bits per heavy atom. The van der Waals surface area contributed by atoms with Crippen molar-refractivity contribution in [3.05, 3.63) is 18.0 Å². The van der Waals surface area contributed by atoms with Crippen molar-refractivity contribution >= 4 is 7.60 Å². The Bertz CT molecular complexity index is 288. The Morgan fingerprint density at radius 3 is 2.50 bits per heavy atom. The van der Waals surface area contributed by atoms with E-state index in [2.05, 4.69) is 9.68 Å². The maximum Gasteiger partial charge on any atom is 0.336 e. The molecule has 0 aliphatic carbocycles. The highest BCUT2D eigenvalue weighted by molar-refractivity contribution is 7.53. The summed E-state index contributed by atoms with van der Waals surface area (Å²) in [5.41, 5.74) is 0.579. The molecule has 0 aliphatic heterocycles. The van der Waals surface area contributed by atoms with Gasteiger partial charge in [-0.3, -0.25) is 4.57 Å². The largest absolute Gasteiger partial charge is 0.364 e. The summed E-state index contributed by atoms with van der Waals surface area (Å²) in [7, 11) is -3.03. The number of hydrogen-bond donors (Lipinski definition) is 0. The molecule has 0 aromatic carbocycles. The van der Waals surface area contributed by atoms with E-state index >= 15 is 0 Å². The van der Waals surface area contributed by atoms with Gasteiger partial charge in [0.05, 0.1) is 25.1 Å². The average molecular weight is 219 g/mol. The lowest BCUT2D eigenvalue weighted by molar-refractivity contribution is 0.218. The molecule has 0 saturated heterocycles. The fraction of sp³-hybridized carbons (Fsp3) is 0.625. The SMILES string of the molecule is CCOP(=O)(Cc1ccon1)OCC. The normalized spacial score (nSPS) is 11.9. The molecule has 0 amide bonds. The molecule has 14 heavy (non-hydrogen) atoms. The fourth-order valence-corrected chi connectivity index (χ4v) is 2.64. The van der Waals surface area contributed by atoms with Gasteiger partial charge in [-0.25, -0.2) is 0 Å². The van der Waals surface area contributed by atoms with Crippen LogP contribution in [0.1, 0.15) is 19.5 Å². The first-order chi connectivity index (χ1) is 6.70. The van der Waals surface area contributed by atoms with E-state index in [9.17, 15) is 4.57 Å². The zero-order chi connectivity index (χ0) is 10.4. The van der Waals surface area contributed by atoms with Crippen LogP contribution in [0.4, 0.5) is 0 Å². The minimum Gasteiger partial charge on any atom is -0.364 e. The molecule has 0 saturated carbocycles. The van der Waals surface area contributed by atoms with Gasteiger partial charge < -0.3 is 13.6 Å². The van der Waals surface area contributed by atoms with E-state index in [1.54, 1.807) is 19.9 Å².